The van der Waals surface area contributed by atoms with Gasteiger partial charge in [-0.15, -0.1) is 12.4 Å². The van der Waals surface area contributed by atoms with Crippen LogP contribution in [0.15, 0.2) is 0 Å². The van der Waals surface area contributed by atoms with Gasteiger partial charge < -0.3 is 10.5 Å². The van der Waals surface area contributed by atoms with Gasteiger partial charge in [0.05, 0.1) is 6.61 Å². The number of carbonyl (C=O) groups is 1. The molecule has 0 saturated heterocycles. The highest BCUT2D eigenvalue weighted by molar-refractivity contribution is 5.85. The van der Waals surface area contributed by atoms with Crippen molar-refractivity contribution in [3.63, 3.8) is 0 Å². The number of rotatable bonds is 7. The Labute approximate surface area is 92.8 Å². The average Bonchev–Trinajstić information content (AvgIpc) is 2.12. The lowest BCUT2D eigenvalue weighted by atomic mass is 9.98. The Morgan fingerprint density at radius 2 is 2.00 bits per heavy atom. The summed E-state index contributed by atoms with van der Waals surface area (Å²) in [6.07, 6.45) is 3.61. The third-order valence-electron chi connectivity index (χ3n) is 2.09. The standard InChI is InChI=1S/C10H21NO2.ClH/c1-3-5-9(8-11)6-7-10(12)13-4-2;/h9H,3-8,11H2,1-2H3;1H. The number of nitrogens with two attached hydrogens (primary N) is 1. The third kappa shape index (κ3) is 8.32. The van der Waals surface area contributed by atoms with Gasteiger partial charge in [-0.3, -0.25) is 4.79 Å². The highest BCUT2D eigenvalue weighted by Gasteiger charge is 2.09. The molecule has 86 valence electrons. The van der Waals surface area contributed by atoms with Gasteiger partial charge in [-0.2, -0.15) is 0 Å². The molecule has 0 spiro atoms. The Hall–Kier alpha value is -0.280. The van der Waals surface area contributed by atoms with Crippen molar-refractivity contribution in [2.45, 2.75) is 39.5 Å². The Balaban J connectivity index is 0. The largest absolute Gasteiger partial charge is 0.466 e. The molecule has 0 saturated carbocycles. The van der Waals surface area contributed by atoms with Crippen LogP contribution >= 0.6 is 12.4 Å². The van der Waals surface area contributed by atoms with Crippen LogP contribution in [0.1, 0.15) is 39.5 Å². The molecule has 2 N–H and O–H groups in total. The lowest BCUT2D eigenvalue weighted by Crippen LogP contribution is -2.16. The molecule has 0 aromatic carbocycles. The monoisotopic (exact) mass is 223 g/mol. The van der Waals surface area contributed by atoms with E-state index >= 15 is 0 Å². The first kappa shape index (κ1) is 16.2. The van der Waals surface area contributed by atoms with E-state index in [1.807, 2.05) is 6.92 Å². The molecule has 0 aliphatic carbocycles. The van der Waals surface area contributed by atoms with Crippen LogP contribution < -0.4 is 5.73 Å². The quantitative estimate of drug-likeness (QED) is 0.673. The van der Waals surface area contributed by atoms with Crippen LogP contribution in [0, 0.1) is 5.92 Å². The first-order valence-electron chi connectivity index (χ1n) is 5.10. The molecule has 0 amide bonds. The Bertz CT molecular complexity index is 142. The van der Waals surface area contributed by atoms with Crippen LogP contribution in [0.25, 0.3) is 0 Å². The Morgan fingerprint density at radius 1 is 1.36 bits per heavy atom. The molecule has 0 heterocycles. The van der Waals surface area contributed by atoms with E-state index < -0.39 is 0 Å². The first-order chi connectivity index (χ1) is 6.24. The smallest absolute Gasteiger partial charge is 0.305 e. The second-order valence-corrected chi connectivity index (χ2v) is 3.23. The van der Waals surface area contributed by atoms with Gasteiger partial charge in [-0.05, 0) is 32.2 Å². The van der Waals surface area contributed by atoms with E-state index in [0.717, 1.165) is 19.3 Å². The molecule has 0 aliphatic heterocycles. The Morgan fingerprint density at radius 3 is 2.43 bits per heavy atom. The maximum atomic E-state index is 11.0. The third-order valence-corrected chi connectivity index (χ3v) is 2.09. The van der Waals surface area contributed by atoms with Crippen LogP contribution in [-0.4, -0.2) is 19.1 Å². The summed E-state index contributed by atoms with van der Waals surface area (Å²) in [6.45, 7) is 5.10. The predicted molar refractivity (Wildman–Crippen MR) is 60.6 cm³/mol. The lowest BCUT2D eigenvalue weighted by Gasteiger charge is -2.12. The summed E-state index contributed by atoms with van der Waals surface area (Å²) in [5.74, 6) is 0.381. The van der Waals surface area contributed by atoms with E-state index in [9.17, 15) is 4.79 Å². The van der Waals surface area contributed by atoms with Gasteiger partial charge in [-0.25, -0.2) is 0 Å². The number of halogens is 1. The van der Waals surface area contributed by atoms with E-state index in [1.54, 1.807) is 0 Å². The second-order valence-electron chi connectivity index (χ2n) is 3.23. The molecule has 0 fully saturated rings. The summed E-state index contributed by atoms with van der Waals surface area (Å²) in [5.41, 5.74) is 5.57. The van der Waals surface area contributed by atoms with E-state index in [1.165, 1.54) is 0 Å². The fraction of sp³-hybridized carbons (Fsp3) is 0.900. The molecule has 3 nitrogen and oxygen atoms in total. The first-order valence-corrected chi connectivity index (χ1v) is 5.10. The number of esters is 1. The zero-order chi connectivity index (χ0) is 10.1. The zero-order valence-corrected chi connectivity index (χ0v) is 9.94. The summed E-state index contributed by atoms with van der Waals surface area (Å²) in [5, 5.41) is 0. The molecule has 0 aromatic rings. The second kappa shape index (κ2) is 10.8. The van der Waals surface area contributed by atoms with Crippen molar-refractivity contribution in [1.29, 1.82) is 0 Å². The lowest BCUT2D eigenvalue weighted by molar-refractivity contribution is -0.143. The van der Waals surface area contributed by atoms with Gasteiger partial charge in [0.1, 0.15) is 0 Å². The fourth-order valence-corrected chi connectivity index (χ4v) is 1.34. The summed E-state index contributed by atoms with van der Waals surface area (Å²) < 4.78 is 4.84. The Kier molecular flexibility index (Phi) is 12.5. The minimum atomic E-state index is -0.1000. The molecule has 0 aliphatic rings. The minimum Gasteiger partial charge on any atom is -0.466 e. The van der Waals surface area contributed by atoms with E-state index in [-0.39, 0.29) is 18.4 Å². The van der Waals surface area contributed by atoms with Gasteiger partial charge >= 0.3 is 5.97 Å². The SMILES string of the molecule is CCCC(CN)CCC(=O)OCC.Cl. The number of carbonyl (C=O) groups excluding carboxylic acids is 1. The van der Waals surface area contributed by atoms with Gasteiger partial charge in [0.15, 0.2) is 0 Å². The summed E-state index contributed by atoms with van der Waals surface area (Å²) in [7, 11) is 0. The minimum absolute atomic E-state index is 0. The van der Waals surface area contributed by atoms with Crippen molar-refractivity contribution < 1.29 is 9.53 Å². The predicted octanol–water partition coefficient (Wildman–Crippen LogP) is 2.13. The molecule has 0 rings (SSSR count). The molecule has 14 heavy (non-hydrogen) atoms. The van der Waals surface area contributed by atoms with Crippen molar-refractivity contribution in [1.82, 2.24) is 0 Å². The van der Waals surface area contributed by atoms with Gasteiger partial charge in [0.2, 0.25) is 0 Å². The van der Waals surface area contributed by atoms with Crippen molar-refractivity contribution in [2.75, 3.05) is 13.2 Å². The molecular weight excluding hydrogens is 202 g/mol. The normalized spacial score (nSPS) is 11.6. The van der Waals surface area contributed by atoms with Crippen LogP contribution in [0.5, 0.6) is 0 Å². The molecule has 1 atom stereocenters. The van der Waals surface area contributed by atoms with Crippen LogP contribution in [0.4, 0.5) is 0 Å². The van der Waals surface area contributed by atoms with E-state index in [2.05, 4.69) is 6.92 Å². The van der Waals surface area contributed by atoms with Crippen LogP contribution in [0.3, 0.4) is 0 Å². The molecule has 1 unspecified atom stereocenters. The zero-order valence-electron chi connectivity index (χ0n) is 9.12. The highest BCUT2D eigenvalue weighted by atomic mass is 35.5. The number of ether oxygens (including phenoxy) is 1. The van der Waals surface area contributed by atoms with Crippen molar-refractivity contribution in [2.24, 2.45) is 11.7 Å². The van der Waals surface area contributed by atoms with Gasteiger partial charge in [0, 0.05) is 6.42 Å². The van der Waals surface area contributed by atoms with Crippen LogP contribution in [-0.2, 0) is 9.53 Å². The molecular formula is C10H22ClNO2. The summed E-state index contributed by atoms with van der Waals surface area (Å²) >= 11 is 0. The topological polar surface area (TPSA) is 52.3 Å². The van der Waals surface area contributed by atoms with Crippen molar-refractivity contribution in [3.05, 3.63) is 0 Å². The maximum Gasteiger partial charge on any atom is 0.305 e. The maximum absolute atomic E-state index is 11.0. The van der Waals surface area contributed by atoms with E-state index in [0.29, 0.717) is 25.5 Å². The van der Waals surface area contributed by atoms with E-state index in [4.69, 9.17) is 10.5 Å². The number of hydrogen-bond acceptors (Lipinski definition) is 3. The average molecular weight is 224 g/mol. The molecule has 0 bridgehead atoms. The molecule has 0 aromatic heterocycles. The fourth-order valence-electron chi connectivity index (χ4n) is 1.34. The molecule has 0 radical (unpaired) electrons. The summed E-state index contributed by atoms with van der Waals surface area (Å²) in [6, 6.07) is 0. The van der Waals surface area contributed by atoms with Crippen LogP contribution in [0.2, 0.25) is 0 Å². The number of hydrogen-bond donors (Lipinski definition) is 1. The van der Waals surface area contributed by atoms with Gasteiger partial charge in [0.25, 0.3) is 0 Å². The molecule has 4 heteroatoms. The highest BCUT2D eigenvalue weighted by Crippen LogP contribution is 2.12. The van der Waals surface area contributed by atoms with Gasteiger partial charge in [-0.1, -0.05) is 13.3 Å². The van der Waals surface area contributed by atoms with Crippen molar-refractivity contribution in [3.8, 4) is 0 Å². The van der Waals surface area contributed by atoms with Crippen molar-refractivity contribution >= 4 is 18.4 Å². The summed E-state index contributed by atoms with van der Waals surface area (Å²) in [4.78, 5) is 11.0.